The molecule has 2 bridgehead atoms. The van der Waals surface area contributed by atoms with Crippen LogP contribution in [-0.2, 0) is 4.79 Å². The first kappa shape index (κ1) is 8.03. The highest BCUT2D eigenvalue weighted by Crippen LogP contribution is 2.47. The van der Waals surface area contributed by atoms with Gasteiger partial charge in [0.1, 0.15) is 5.78 Å². The minimum Gasteiger partial charge on any atom is -0.299 e. The second-order valence-electron chi connectivity index (χ2n) is 4.14. The summed E-state index contributed by atoms with van der Waals surface area (Å²) >= 11 is 0. The van der Waals surface area contributed by atoms with Crippen LogP contribution in [-0.4, -0.2) is 5.78 Å². The van der Waals surface area contributed by atoms with Gasteiger partial charge in [-0.25, -0.2) is 0 Å². The van der Waals surface area contributed by atoms with Gasteiger partial charge in [-0.15, -0.1) is 6.58 Å². The van der Waals surface area contributed by atoms with E-state index in [1.54, 1.807) is 0 Å². The van der Waals surface area contributed by atoms with Gasteiger partial charge in [-0.2, -0.15) is 0 Å². The first-order valence-corrected chi connectivity index (χ1v) is 4.97. The van der Waals surface area contributed by atoms with Crippen LogP contribution >= 0.6 is 0 Å². The number of carbonyl (C=O) groups excluding carboxylic acids is 1. The zero-order valence-electron chi connectivity index (χ0n) is 7.46. The SMILES string of the molecule is C=CCCC1C(=O)C2CCC1C2. The van der Waals surface area contributed by atoms with Gasteiger partial charge in [-0.1, -0.05) is 6.08 Å². The number of hydrogen-bond acceptors (Lipinski definition) is 1. The van der Waals surface area contributed by atoms with Crippen molar-refractivity contribution < 1.29 is 4.79 Å². The van der Waals surface area contributed by atoms with Crippen LogP contribution in [0.5, 0.6) is 0 Å². The molecule has 0 aliphatic heterocycles. The average Bonchev–Trinajstić information content (AvgIpc) is 2.62. The van der Waals surface area contributed by atoms with Crippen LogP contribution in [0.2, 0.25) is 0 Å². The molecule has 0 aromatic heterocycles. The summed E-state index contributed by atoms with van der Waals surface area (Å²) in [6, 6.07) is 0. The van der Waals surface area contributed by atoms with E-state index in [1.807, 2.05) is 6.08 Å². The lowest BCUT2D eigenvalue weighted by atomic mass is 9.84. The molecule has 2 saturated carbocycles. The molecule has 2 fully saturated rings. The Morgan fingerprint density at radius 2 is 2.33 bits per heavy atom. The van der Waals surface area contributed by atoms with E-state index in [-0.39, 0.29) is 0 Å². The van der Waals surface area contributed by atoms with Crippen molar-refractivity contribution in [1.29, 1.82) is 0 Å². The Balaban J connectivity index is 1.98. The zero-order valence-corrected chi connectivity index (χ0v) is 7.46. The molecule has 2 aliphatic carbocycles. The fourth-order valence-corrected chi connectivity index (χ4v) is 2.85. The first-order chi connectivity index (χ1) is 5.83. The van der Waals surface area contributed by atoms with Crippen molar-refractivity contribution >= 4 is 5.78 Å². The van der Waals surface area contributed by atoms with E-state index in [2.05, 4.69) is 6.58 Å². The summed E-state index contributed by atoms with van der Waals surface area (Å²) in [6.45, 7) is 3.70. The Morgan fingerprint density at radius 3 is 2.92 bits per heavy atom. The van der Waals surface area contributed by atoms with Crippen LogP contribution in [0, 0.1) is 17.8 Å². The summed E-state index contributed by atoms with van der Waals surface area (Å²) in [4.78, 5) is 11.6. The minimum absolute atomic E-state index is 0.404. The third kappa shape index (κ3) is 1.12. The van der Waals surface area contributed by atoms with Gasteiger partial charge in [0.2, 0.25) is 0 Å². The Labute approximate surface area is 73.8 Å². The predicted octanol–water partition coefficient (Wildman–Crippen LogP) is 2.57. The molecule has 0 heterocycles. The van der Waals surface area contributed by atoms with E-state index < -0.39 is 0 Å². The molecule has 0 saturated heterocycles. The monoisotopic (exact) mass is 164 g/mol. The van der Waals surface area contributed by atoms with Gasteiger partial charge in [0.05, 0.1) is 0 Å². The van der Waals surface area contributed by atoms with Crippen LogP contribution in [0.1, 0.15) is 32.1 Å². The molecule has 3 atom stereocenters. The number of fused-ring (bicyclic) bond motifs is 2. The third-order valence-corrected chi connectivity index (χ3v) is 3.49. The van der Waals surface area contributed by atoms with Crippen molar-refractivity contribution in [3.63, 3.8) is 0 Å². The molecule has 1 heteroatoms. The van der Waals surface area contributed by atoms with Gasteiger partial charge < -0.3 is 0 Å². The number of Topliss-reactive ketones (excluding diaryl/α,β-unsaturated/α-hetero) is 1. The summed E-state index contributed by atoms with van der Waals surface area (Å²) in [5.41, 5.74) is 0. The van der Waals surface area contributed by atoms with E-state index in [1.165, 1.54) is 19.3 Å². The number of rotatable bonds is 3. The van der Waals surface area contributed by atoms with Gasteiger partial charge in [0, 0.05) is 11.8 Å². The summed E-state index contributed by atoms with van der Waals surface area (Å²) < 4.78 is 0. The lowest BCUT2D eigenvalue weighted by Gasteiger charge is -2.19. The molecular formula is C11H16O. The smallest absolute Gasteiger partial charge is 0.139 e. The largest absolute Gasteiger partial charge is 0.299 e. The highest BCUT2D eigenvalue weighted by Gasteiger charge is 2.45. The fraction of sp³-hybridized carbons (Fsp3) is 0.727. The van der Waals surface area contributed by atoms with Gasteiger partial charge in [-0.05, 0) is 38.0 Å². The molecule has 0 spiro atoms. The van der Waals surface area contributed by atoms with Crippen LogP contribution in [0.25, 0.3) is 0 Å². The van der Waals surface area contributed by atoms with E-state index >= 15 is 0 Å². The molecule has 66 valence electrons. The normalized spacial score (nSPS) is 39.0. The maximum absolute atomic E-state index is 11.6. The number of carbonyl (C=O) groups is 1. The lowest BCUT2D eigenvalue weighted by Crippen LogP contribution is -2.21. The Hall–Kier alpha value is -0.590. The molecule has 0 aromatic carbocycles. The Kier molecular flexibility index (Phi) is 2.03. The average molecular weight is 164 g/mol. The minimum atomic E-state index is 0.404. The number of hydrogen-bond donors (Lipinski definition) is 0. The Morgan fingerprint density at radius 1 is 1.50 bits per heavy atom. The first-order valence-electron chi connectivity index (χ1n) is 4.97. The standard InChI is InChI=1S/C11H16O/c1-2-3-4-10-8-5-6-9(7-8)11(10)12/h2,8-10H,1,3-7H2. The van der Waals surface area contributed by atoms with Crippen molar-refractivity contribution in [3.05, 3.63) is 12.7 Å². The quantitative estimate of drug-likeness (QED) is 0.586. The second-order valence-corrected chi connectivity index (χ2v) is 4.14. The van der Waals surface area contributed by atoms with Gasteiger partial charge in [0.15, 0.2) is 0 Å². The Bertz CT molecular complexity index is 207. The summed E-state index contributed by atoms with van der Waals surface area (Å²) in [5, 5.41) is 0. The second kappa shape index (κ2) is 3.04. The zero-order chi connectivity index (χ0) is 8.55. The third-order valence-electron chi connectivity index (χ3n) is 3.49. The molecular weight excluding hydrogens is 148 g/mol. The van der Waals surface area contributed by atoms with Crippen LogP contribution < -0.4 is 0 Å². The highest BCUT2D eigenvalue weighted by atomic mass is 16.1. The summed E-state index contributed by atoms with van der Waals surface area (Å²) in [7, 11) is 0. The molecule has 1 nitrogen and oxygen atoms in total. The maximum Gasteiger partial charge on any atom is 0.139 e. The number of allylic oxidation sites excluding steroid dienone is 1. The van der Waals surface area contributed by atoms with E-state index in [0.717, 1.165) is 18.8 Å². The molecule has 2 rings (SSSR count). The van der Waals surface area contributed by atoms with Crippen molar-refractivity contribution in [2.45, 2.75) is 32.1 Å². The van der Waals surface area contributed by atoms with Gasteiger partial charge in [-0.3, -0.25) is 4.79 Å². The van der Waals surface area contributed by atoms with Crippen LogP contribution in [0.15, 0.2) is 12.7 Å². The van der Waals surface area contributed by atoms with Crippen LogP contribution in [0.3, 0.4) is 0 Å². The van der Waals surface area contributed by atoms with E-state index in [4.69, 9.17) is 0 Å². The molecule has 0 N–H and O–H groups in total. The lowest BCUT2D eigenvalue weighted by molar-refractivity contribution is -0.125. The molecule has 0 aromatic rings. The summed E-state index contributed by atoms with van der Waals surface area (Å²) in [5.74, 6) is 2.15. The van der Waals surface area contributed by atoms with Gasteiger partial charge in [0.25, 0.3) is 0 Å². The van der Waals surface area contributed by atoms with E-state index in [0.29, 0.717) is 17.6 Å². The van der Waals surface area contributed by atoms with Crippen molar-refractivity contribution in [2.24, 2.45) is 17.8 Å². The molecule has 0 radical (unpaired) electrons. The molecule has 2 aliphatic rings. The number of ketones is 1. The topological polar surface area (TPSA) is 17.1 Å². The predicted molar refractivity (Wildman–Crippen MR) is 48.8 cm³/mol. The summed E-state index contributed by atoms with van der Waals surface area (Å²) in [6.07, 6.45) is 7.68. The van der Waals surface area contributed by atoms with Gasteiger partial charge >= 0.3 is 0 Å². The molecule has 3 unspecified atom stereocenters. The molecule has 0 amide bonds. The highest BCUT2D eigenvalue weighted by molar-refractivity contribution is 5.86. The van der Waals surface area contributed by atoms with Crippen molar-refractivity contribution in [3.8, 4) is 0 Å². The van der Waals surface area contributed by atoms with Crippen molar-refractivity contribution in [2.75, 3.05) is 0 Å². The molecule has 12 heavy (non-hydrogen) atoms. The maximum atomic E-state index is 11.6. The van der Waals surface area contributed by atoms with E-state index in [9.17, 15) is 4.79 Å². The fourth-order valence-electron chi connectivity index (χ4n) is 2.85. The van der Waals surface area contributed by atoms with Crippen LogP contribution in [0.4, 0.5) is 0 Å². The van der Waals surface area contributed by atoms with Crippen molar-refractivity contribution in [1.82, 2.24) is 0 Å².